The normalized spacial score (nSPS) is 20.2. The number of hydrogen-bond acceptors (Lipinski definition) is 22. The topological polar surface area (TPSA) is 350 Å². The van der Waals surface area contributed by atoms with Crippen molar-refractivity contribution in [1.29, 1.82) is 0 Å². The van der Waals surface area contributed by atoms with Crippen molar-refractivity contribution in [3.05, 3.63) is 124 Å². The number of amides is 5. The highest BCUT2D eigenvalue weighted by Gasteiger charge is 2.50. The van der Waals surface area contributed by atoms with Gasteiger partial charge in [-0.1, -0.05) is 41.9 Å². The van der Waals surface area contributed by atoms with Crippen molar-refractivity contribution in [2.24, 2.45) is 16.2 Å². The Bertz CT molecular complexity index is 5030. The molecule has 39 heteroatoms. The fraction of sp³-hybridized carbons (Fsp3) is 0.579. The predicted octanol–water partition coefficient (Wildman–Crippen LogP) is 5.15. The Balaban J connectivity index is 0.000000150. The van der Waals surface area contributed by atoms with Crippen molar-refractivity contribution in [2.45, 2.75) is 85.9 Å². The van der Waals surface area contributed by atoms with E-state index in [2.05, 4.69) is 115 Å². The lowest BCUT2D eigenvalue weighted by molar-refractivity contribution is -0.142. The summed E-state index contributed by atoms with van der Waals surface area (Å²) in [6.07, 6.45) is 15.1. The third-order valence-corrected chi connectivity index (χ3v) is 27.0. The predicted molar refractivity (Wildman–Crippen MR) is 441 cm³/mol. The average molecular weight is 1690 g/mol. The number of benzene rings is 3. The Hall–Kier alpha value is -8.63. The van der Waals surface area contributed by atoms with E-state index in [1.807, 2.05) is 21.9 Å². The molecule has 3 spiro atoms. The van der Waals surface area contributed by atoms with Gasteiger partial charge in [0.2, 0.25) is 51.9 Å². The number of piperazine rings is 3. The number of sulfonamides is 4. The quantitative estimate of drug-likeness (QED) is 0.113. The van der Waals surface area contributed by atoms with Crippen molar-refractivity contribution in [3.8, 4) is 0 Å². The third-order valence-electron chi connectivity index (χ3n) is 23.8. The summed E-state index contributed by atoms with van der Waals surface area (Å²) in [6.45, 7) is 28.2. The van der Waals surface area contributed by atoms with E-state index in [1.165, 1.54) is 91.6 Å². The number of anilines is 6. The highest BCUT2D eigenvalue weighted by molar-refractivity contribution is 7.92. The van der Waals surface area contributed by atoms with Crippen LogP contribution in [0, 0.1) is 30.1 Å². The van der Waals surface area contributed by atoms with E-state index in [0.717, 1.165) is 179 Å². The molecule has 12 heterocycles. The maximum Gasteiger partial charge on any atom is 0.344 e. The second-order valence-electron chi connectivity index (χ2n) is 33.0. The number of aryl methyl sites for hydroxylation is 2. The maximum absolute atomic E-state index is 12.9. The molecule has 3 N–H and O–H groups in total. The zero-order valence-electron chi connectivity index (χ0n) is 66.9. The largest absolute Gasteiger partial charge is 0.371 e. The van der Waals surface area contributed by atoms with E-state index in [9.17, 15) is 57.6 Å². The first-order chi connectivity index (χ1) is 54.3. The van der Waals surface area contributed by atoms with E-state index >= 15 is 0 Å². The first kappa shape index (κ1) is 84.3. The van der Waals surface area contributed by atoms with Crippen LogP contribution in [0.5, 0.6) is 0 Å². The molecule has 5 amide bonds. The van der Waals surface area contributed by atoms with E-state index in [-0.39, 0.29) is 52.8 Å². The van der Waals surface area contributed by atoms with Crippen LogP contribution in [0.1, 0.15) is 80.2 Å². The lowest BCUT2D eigenvalue weighted by atomic mass is 9.71. The second-order valence-corrected chi connectivity index (χ2v) is 40.6. The summed E-state index contributed by atoms with van der Waals surface area (Å²) in [6, 6.07) is 22.9. The number of nitrogens with zero attached hydrogens (tertiary/aromatic N) is 18. The molecule has 626 valence electrons. The molecule has 0 unspecified atom stereocenters. The number of aromatic nitrogens is 6. The molecule has 15 rings (SSSR count). The van der Waals surface area contributed by atoms with Crippen molar-refractivity contribution in [2.75, 3.05) is 211 Å². The number of likely N-dealkylation sites (tertiary alicyclic amines) is 2. The van der Waals surface area contributed by atoms with Crippen LogP contribution in [0.4, 0.5) is 48.9 Å². The van der Waals surface area contributed by atoms with Gasteiger partial charge in [-0.05, 0) is 104 Å². The Kier molecular flexibility index (Phi) is 25.0. The molecular formula is C76H108ClN21O13S4. The number of rotatable bonds is 16. The number of halogens is 1. The second kappa shape index (κ2) is 34.1. The van der Waals surface area contributed by atoms with Crippen molar-refractivity contribution >= 4 is 116 Å². The van der Waals surface area contributed by atoms with Crippen LogP contribution in [0.25, 0.3) is 0 Å². The van der Waals surface area contributed by atoms with Gasteiger partial charge in [-0.25, -0.2) is 52.4 Å². The molecule has 115 heavy (non-hydrogen) atoms. The first-order valence-electron chi connectivity index (χ1n) is 39.1. The highest BCUT2D eigenvalue weighted by Crippen LogP contribution is 2.46. The lowest BCUT2D eigenvalue weighted by Gasteiger charge is -2.55. The fourth-order valence-corrected chi connectivity index (χ4v) is 19.8. The number of nitrogens with one attached hydrogen (secondary N) is 3. The summed E-state index contributed by atoms with van der Waals surface area (Å²) in [5.74, 6) is 0.719. The van der Waals surface area contributed by atoms with Gasteiger partial charge in [0.05, 0.1) is 25.0 Å². The summed E-state index contributed by atoms with van der Waals surface area (Å²) < 4.78 is 104. The van der Waals surface area contributed by atoms with Crippen molar-refractivity contribution in [3.63, 3.8) is 0 Å². The van der Waals surface area contributed by atoms with E-state index in [0.29, 0.717) is 81.3 Å². The van der Waals surface area contributed by atoms with Gasteiger partial charge in [0, 0.05) is 266 Å². The molecular weight excluding hydrogens is 1580 g/mol. The van der Waals surface area contributed by atoms with E-state index in [1.54, 1.807) is 32.9 Å². The van der Waals surface area contributed by atoms with Gasteiger partial charge in [-0.15, -0.1) is 15.3 Å². The van der Waals surface area contributed by atoms with Crippen LogP contribution in [0.3, 0.4) is 0 Å². The van der Waals surface area contributed by atoms with Gasteiger partial charge in [0.1, 0.15) is 0 Å². The molecule has 0 bridgehead atoms. The van der Waals surface area contributed by atoms with Crippen LogP contribution in [-0.2, 0) is 69.3 Å². The Labute approximate surface area is 679 Å². The average Bonchev–Trinajstić information content (AvgIpc) is 1.50. The molecule has 9 aliphatic heterocycles. The first-order valence-corrected chi connectivity index (χ1v) is 47.0. The molecule has 3 aromatic carbocycles. The molecule has 9 fully saturated rings. The SMILES string of the molecule is CC(=O)N1CC2(CCN(c3cc(C)ccc3CN3CCN(C(=O)n4ccc(NS(C)(=O)=O)n4)CC3)CC2)C1.CC(=O)N1CCC2(CC1)CN(c1cc(C)ccc1CN1CCN(C(=O)n3ccc(NS(C)(=O)=O)n3)CC1)C2.CS(=O)(=O)Nc1ccn(C(=O)N2CCN(Cc3ccc(Cl)cc3N3CCC4(CC3)CN(S(C)(=O)=O)C4)CC2)n1. The number of carbonyl (C=O) groups is 5. The molecule has 0 radical (unpaired) electrons. The van der Waals surface area contributed by atoms with Gasteiger partial charge >= 0.3 is 18.1 Å². The Morgan fingerprint density at radius 1 is 0.374 bits per heavy atom. The smallest absolute Gasteiger partial charge is 0.344 e. The van der Waals surface area contributed by atoms with Crippen molar-refractivity contribution in [1.82, 2.24) is 72.8 Å². The van der Waals surface area contributed by atoms with Gasteiger partial charge < -0.3 is 39.2 Å². The minimum atomic E-state index is -3.47. The number of hydrogen-bond donors (Lipinski definition) is 3. The van der Waals surface area contributed by atoms with E-state index < -0.39 is 40.1 Å². The fourth-order valence-electron chi connectivity index (χ4n) is 17.2. The summed E-state index contributed by atoms with van der Waals surface area (Å²) >= 11 is 6.39. The van der Waals surface area contributed by atoms with Crippen LogP contribution < -0.4 is 28.9 Å². The Morgan fingerprint density at radius 3 is 1.03 bits per heavy atom. The van der Waals surface area contributed by atoms with Gasteiger partial charge in [-0.2, -0.15) is 14.0 Å². The number of carbonyl (C=O) groups excluding carboxylic acids is 5. The minimum Gasteiger partial charge on any atom is -0.371 e. The van der Waals surface area contributed by atoms with Gasteiger partial charge in [0.25, 0.3) is 0 Å². The summed E-state index contributed by atoms with van der Waals surface area (Å²) in [5, 5.41) is 12.8. The molecule has 9 aliphatic rings. The minimum absolute atomic E-state index is 0.0807. The number of piperidine rings is 3. The zero-order chi connectivity index (χ0) is 82.2. The molecule has 0 saturated carbocycles. The molecule has 0 atom stereocenters. The highest BCUT2D eigenvalue weighted by atomic mass is 35.5. The van der Waals surface area contributed by atoms with Crippen LogP contribution in [0.2, 0.25) is 5.02 Å². The maximum atomic E-state index is 12.9. The Morgan fingerprint density at radius 2 is 0.687 bits per heavy atom. The summed E-state index contributed by atoms with van der Waals surface area (Å²) in [5.41, 5.74) is 10.7. The van der Waals surface area contributed by atoms with Crippen LogP contribution in [-0.4, -0.2) is 319 Å². The molecule has 34 nitrogen and oxygen atoms in total. The zero-order valence-corrected chi connectivity index (χ0v) is 70.9. The monoisotopic (exact) mass is 1690 g/mol. The van der Waals surface area contributed by atoms with Crippen molar-refractivity contribution < 1.29 is 57.6 Å². The van der Waals surface area contributed by atoms with E-state index in [4.69, 9.17) is 11.6 Å². The molecule has 0 aliphatic carbocycles. The standard InChI is InChI=1S/2C26H37N7O4S.C24H34ClN7O5S2/c1-20-4-5-22(23(16-20)30-10-7-26(8-11-30)18-32(19-26)21(2)34)17-29-12-14-31(15-13-29)25(35)33-9-6-24(27-33)28-38(3,36)37;1-20-4-5-22(23(16-20)32-18-26(19-32)7-10-30(11-8-26)21(2)34)17-29-12-14-31(15-13-29)25(35)33-9-6-24(27-33)28-38(3,36)37;1-38(34,35)27-22-5-8-32(26-22)23(33)30-13-11-28(12-14-30)16-19-3-4-20(25)15-21(19)29-9-6-24(7-10-29)17-31(18-24)39(2,36)37/h2*4-6,9,16H,7-8,10-15,17-19H2,1-3H3,(H,27,28);3-5,8,15H,6-7,9-14,16-18H2,1-2H3,(H,26,27). The van der Waals surface area contributed by atoms with Gasteiger partial charge in [-0.3, -0.25) is 38.5 Å². The molecule has 3 aromatic heterocycles. The van der Waals surface area contributed by atoms with Gasteiger partial charge in [0.15, 0.2) is 17.5 Å². The molecule has 9 saturated heterocycles. The van der Waals surface area contributed by atoms with Crippen LogP contribution in [0.15, 0.2) is 91.4 Å². The van der Waals surface area contributed by atoms with Crippen LogP contribution >= 0.6 is 11.6 Å². The lowest BCUT2D eigenvalue weighted by Crippen LogP contribution is -2.61. The summed E-state index contributed by atoms with van der Waals surface area (Å²) in [4.78, 5) is 85.5. The third kappa shape index (κ3) is 21.2. The summed E-state index contributed by atoms with van der Waals surface area (Å²) in [7, 11) is -13.5. The molecule has 6 aromatic rings.